The first-order valence-electron chi connectivity index (χ1n) is 5.80. The van der Waals surface area contributed by atoms with Gasteiger partial charge in [0.2, 0.25) is 0 Å². The van der Waals surface area contributed by atoms with Crippen molar-refractivity contribution >= 4 is 29.8 Å². The molecule has 0 unspecified atom stereocenters. The molecule has 100 valence electrons. The number of halogens is 1. The van der Waals surface area contributed by atoms with Crippen molar-refractivity contribution in [3.8, 4) is 0 Å². The summed E-state index contributed by atoms with van der Waals surface area (Å²) in [4.78, 5) is 11.8. The second kappa shape index (κ2) is 7.52. The van der Waals surface area contributed by atoms with Gasteiger partial charge in [0.1, 0.15) is 6.61 Å². The number of ether oxygens (including phenoxy) is 1. The summed E-state index contributed by atoms with van der Waals surface area (Å²) in [7, 11) is 0. The van der Waals surface area contributed by atoms with Crippen LogP contribution in [0.4, 0.5) is 0 Å². The molecule has 1 aromatic carbocycles. The molecule has 0 radical (unpaired) electrons. The first-order valence-corrected chi connectivity index (χ1v) is 6.18. The van der Waals surface area contributed by atoms with E-state index in [1.807, 2.05) is 44.2 Å². The van der Waals surface area contributed by atoms with Crippen molar-refractivity contribution in [1.29, 1.82) is 0 Å². The number of hydrogen-bond acceptors (Lipinski definition) is 2. The van der Waals surface area contributed by atoms with Crippen molar-refractivity contribution in [2.45, 2.75) is 26.5 Å². The molecule has 0 fully saturated rings. The van der Waals surface area contributed by atoms with Crippen molar-refractivity contribution in [2.24, 2.45) is 0 Å². The van der Waals surface area contributed by atoms with Crippen LogP contribution in [-0.4, -0.2) is 28.8 Å². The van der Waals surface area contributed by atoms with E-state index < -0.39 is 5.91 Å². The second-order valence-electron chi connectivity index (χ2n) is 4.13. The highest BCUT2D eigenvalue weighted by Crippen LogP contribution is 2.03. The van der Waals surface area contributed by atoms with Crippen molar-refractivity contribution < 1.29 is 14.1 Å². The molecule has 5 heteroatoms. The zero-order chi connectivity index (χ0) is 14.3. The average molecular weight is 279 g/mol. The number of hydrogen-bond donors (Lipinski definition) is 0. The lowest BCUT2D eigenvalue weighted by Crippen LogP contribution is -2.29. The number of rotatable bonds is 5. The smallest absolute Gasteiger partial charge is 0.439 e. The molecule has 1 amide bonds. The van der Waals surface area contributed by atoms with E-state index in [4.69, 9.17) is 21.7 Å². The summed E-state index contributed by atoms with van der Waals surface area (Å²) < 4.78 is 6.64. The lowest BCUT2D eigenvalue weighted by Gasteiger charge is -2.05. The maximum absolute atomic E-state index is 11.8. The zero-order valence-corrected chi connectivity index (χ0v) is 11.6. The predicted octanol–water partition coefficient (Wildman–Crippen LogP) is 2.54. The molecule has 0 saturated heterocycles. The van der Waals surface area contributed by atoms with Gasteiger partial charge < -0.3 is 10.1 Å². The third-order valence-corrected chi connectivity index (χ3v) is 2.60. The highest BCUT2D eigenvalue weighted by molar-refractivity contribution is 6.45. The molecular formula is C14H15ClN2O2. The van der Waals surface area contributed by atoms with Crippen molar-refractivity contribution in [3.05, 3.63) is 46.3 Å². The van der Waals surface area contributed by atoms with Crippen LogP contribution in [0.2, 0.25) is 0 Å². The van der Waals surface area contributed by atoms with Crippen molar-refractivity contribution in [3.63, 3.8) is 0 Å². The van der Waals surface area contributed by atoms with Crippen LogP contribution in [0.25, 0.3) is 5.41 Å². The first kappa shape index (κ1) is 15.2. The van der Waals surface area contributed by atoms with Gasteiger partial charge in [0.15, 0.2) is 11.1 Å². The van der Waals surface area contributed by atoms with E-state index in [0.717, 1.165) is 5.56 Å². The van der Waals surface area contributed by atoms with Gasteiger partial charge in [-0.3, -0.25) is 0 Å². The maximum atomic E-state index is 11.8. The molecule has 0 saturated carbocycles. The number of benzene rings is 1. The third-order valence-electron chi connectivity index (χ3n) is 2.36. The summed E-state index contributed by atoms with van der Waals surface area (Å²) in [6.07, 6.45) is 1.31. The number of amides is 1. The monoisotopic (exact) mass is 278 g/mol. The Labute approximate surface area is 117 Å². The van der Waals surface area contributed by atoms with Crippen LogP contribution in [0, 0.1) is 0 Å². The molecule has 0 atom stereocenters. The van der Waals surface area contributed by atoms with E-state index in [-0.39, 0.29) is 11.1 Å². The fourth-order valence-electron chi connectivity index (χ4n) is 1.35. The molecule has 4 nitrogen and oxygen atoms in total. The van der Waals surface area contributed by atoms with Crippen molar-refractivity contribution in [2.75, 3.05) is 0 Å². The van der Waals surface area contributed by atoms with Crippen LogP contribution >= 0.6 is 11.6 Å². The van der Waals surface area contributed by atoms with Gasteiger partial charge >= 0.3 is 12.3 Å². The Hall–Kier alpha value is -1.90. The van der Waals surface area contributed by atoms with E-state index in [2.05, 4.69) is 0 Å². The summed E-state index contributed by atoms with van der Waals surface area (Å²) in [5.74, 6) is 1.06. The summed E-state index contributed by atoms with van der Waals surface area (Å²) in [6, 6.07) is 9.42. The number of nitrogens with zero attached hydrogens (tertiary/aromatic N) is 2. The van der Waals surface area contributed by atoms with E-state index in [9.17, 15) is 4.79 Å². The molecule has 0 heterocycles. The first-order chi connectivity index (χ1) is 9.06. The Morgan fingerprint density at radius 2 is 2.11 bits per heavy atom. The minimum Gasteiger partial charge on any atom is -0.762 e. The largest absolute Gasteiger partial charge is 0.762 e. The lowest BCUT2D eigenvalue weighted by atomic mass is 10.2. The van der Waals surface area contributed by atoms with E-state index in [1.165, 1.54) is 11.0 Å². The molecule has 19 heavy (non-hydrogen) atoms. The third kappa shape index (κ3) is 4.70. The van der Waals surface area contributed by atoms with Crippen LogP contribution in [0.15, 0.2) is 35.4 Å². The van der Waals surface area contributed by atoms with Gasteiger partial charge in [-0.15, -0.1) is 4.58 Å². The standard InChI is InChI=1S/C14H15ClN2O2/c1-11(2)17(14(18)13(15)8-16)10-19-9-12-6-4-3-5-7-12/h3-7,10-11H,9H2,1-2H3. The molecule has 0 aliphatic rings. The molecule has 0 aliphatic heterocycles. The summed E-state index contributed by atoms with van der Waals surface area (Å²) in [6.45, 7) is 3.96. The quantitative estimate of drug-likeness (QED) is 0.360. The number of carbonyl (C=O) groups is 1. The normalized spacial score (nSPS) is 11.1. The summed E-state index contributed by atoms with van der Waals surface area (Å²) in [5, 5.41) is 8.24. The highest BCUT2D eigenvalue weighted by Gasteiger charge is 2.24. The van der Waals surface area contributed by atoms with Crippen LogP contribution in [0.3, 0.4) is 0 Å². The van der Waals surface area contributed by atoms with Gasteiger partial charge in [-0.2, -0.15) is 0 Å². The van der Waals surface area contributed by atoms with Gasteiger partial charge in [0, 0.05) is 0 Å². The Balaban J connectivity index is 2.75. The molecule has 0 aromatic heterocycles. The minimum atomic E-state index is -0.563. The fraction of sp³-hybridized carbons (Fsp3) is 0.286. The van der Waals surface area contributed by atoms with Crippen molar-refractivity contribution in [1.82, 2.24) is 0 Å². The Kier molecular flexibility index (Phi) is 6.00. The van der Waals surface area contributed by atoms with E-state index in [1.54, 1.807) is 5.87 Å². The summed E-state index contributed by atoms with van der Waals surface area (Å²) >= 11 is 5.54. The Morgan fingerprint density at radius 3 is 2.63 bits per heavy atom. The van der Waals surface area contributed by atoms with Gasteiger partial charge in [-0.1, -0.05) is 41.9 Å². The molecule has 1 aromatic rings. The maximum Gasteiger partial charge on any atom is 0.439 e. The van der Waals surface area contributed by atoms with Gasteiger partial charge in [-0.25, -0.2) is 10.7 Å². The fourth-order valence-corrected chi connectivity index (χ4v) is 1.45. The molecule has 0 aliphatic carbocycles. The van der Waals surface area contributed by atoms with Gasteiger partial charge in [-0.05, 0) is 19.4 Å². The second-order valence-corrected chi connectivity index (χ2v) is 4.51. The minimum absolute atomic E-state index is 0.148. The average Bonchev–Trinajstić information content (AvgIpc) is 2.42. The molecule has 0 spiro atoms. The van der Waals surface area contributed by atoms with Gasteiger partial charge in [0.25, 0.3) is 0 Å². The Bertz CT molecular complexity index is 518. The van der Waals surface area contributed by atoms with E-state index in [0.29, 0.717) is 6.61 Å². The van der Waals surface area contributed by atoms with Crippen LogP contribution in [0.5, 0.6) is 0 Å². The van der Waals surface area contributed by atoms with E-state index >= 15 is 0 Å². The molecule has 0 N–H and O–H groups in total. The highest BCUT2D eigenvalue weighted by atomic mass is 35.5. The topological polar surface area (TPSA) is 51.6 Å². The molecule has 0 bridgehead atoms. The van der Waals surface area contributed by atoms with Crippen LogP contribution in [-0.2, 0) is 16.1 Å². The SMILES string of the molecule is CC(C)[N+](=COCc1ccccc1)C(=O)C(Cl)=C=[N-]. The predicted molar refractivity (Wildman–Crippen MR) is 75.4 cm³/mol. The lowest BCUT2D eigenvalue weighted by molar-refractivity contribution is -0.479. The Morgan fingerprint density at radius 1 is 1.47 bits per heavy atom. The van der Waals surface area contributed by atoms with Gasteiger partial charge in [0.05, 0.1) is 0 Å². The molecular weight excluding hydrogens is 264 g/mol. The van der Waals surface area contributed by atoms with Crippen LogP contribution < -0.4 is 0 Å². The zero-order valence-electron chi connectivity index (χ0n) is 10.8. The molecule has 1 rings (SSSR count). The summed E-state index contributed by atoms with van der Waals surface area (Å²) in [5.41, 5.74) is 0.991. The number of carbonyl (C=O) groups excluding carboxylic acids is 1. The van der Waals surface area contributed by atoms with Crippen LogP contribution in [0.1, 0.15) is 19.4 Å².